The third-order valence-electron chi connectivity index (χ3n) is 2.38. The van der Waals surface area contributed by atoms with Gasteiger partial charge in [-0.25, -0.2) is 0 Å². The number of nitrogens with one attached hydrogen (secondary N) is 1. The molecule has 0 saturated carbocycles. The lowest BCUT2D eigenvalue weighted by atomic mass is 10.1. The van der Waals surface area contributed by atoms with Crippen LogP contribution in [0.4, 0.5) is 0 Å². The van der Waals surface area contributed by atoms with Crippen LogP contribution in [0.15, 0.2) is 24.4 Å². The molecule has 0 spiro atoms. The molecule has 0 aliphatic rings. The number of carbonyl (C=O) groups is 1. The Morgan fingerprint density at radius 2 is 2.33 bits per heavy atom. The minimum atomic E-state index is -0.197. The van der Waals surface area contributed by atoms with Gasteiger partial charge in [-0.05, 0) is 47.2 Å². The van der Waals surface area contributed by atoms with Crippen LogP contribution in [0, 0.1) is 3.57 Å². The van der Waals surface area contributed by atoms with E-state index in [-0.39, 0.29) is 6.10 Å². The van der Waals surface area contributed by atoms with Gasteiger partial charge in [0.25, 0.3) is 6.47 Å². The molecule has 1 N–H and O–H groups in total. The first kappa shape index (κ1) is 10.5. The molecule has 1 aromatic carbocycles. The summed E-state index contributed by atoms with van der Waals surface area (Å²) in [5.41, 5.74) is 2.11. The van der Waals surface area contributed by atoms with E-state index in [1.165, 1.54) is 3.57 Å². The normalized spacial score (nSPS) is 12.7. The number of hydrogen-bond acceptors (Lipinski definition) is 2. The van der Waals surface area contributed by atoms with Crippen LogP contribution in [0.1, 0.15) is 18.6 Å². The summed E-state index contributed by atoms with van der Waals surface area (Å²) in [6, 6.07) is 6.00. The highest BCUT2D eigenvalue weighted by Gasteiger charge is 2.08. The first-order valence-electron chi connectivity index (χ1n) is 4.58. The van der Waals surface area contributed by atoms with E-state index in [0.717, 1.165) is 16.5 Å². The van der Waals surface area contributed by atoms with Crippen molar-refractivity contribution in [3.05, 3.63) is 33.5 Å². The predicted molar refractivity (Wildman–Crippen MR) is 66.6 cm³/mol. The van der Waals surface area contributed by atoms with E-state index in [0.29, 0.717) is 6.47 Å². The lowest BCUT2D eigenvalue weighted by Crippen LogP contribution is -1.97. The fourth-order valence-corrected chi connectivity index (χ4v) is 2.12. The molecule has 15 heavy (non-hydrogen) atoms. The maximum atomic E-state index is 10.2. The molecule has 0 radical (unpaired) electrons. The molecule has 1 atom stereocenters. The van der Waals surface area contributed by atoms with Crippen LogP contribution < -0.4 is 0 Å². The summed E-state index contributed by atoms with van der Waals surface area (Å²) in [4.78, 5) is 13.4. The Hall–Kier alpha value is -1.04. The molecule has 0 fully saturated rings. The van der Waals surface area contributed by atoms with E-state index in [2.05, 4.69) is 27.6 Å². The third kappa shape index (κ3) is 1.99. The number of aromatic nitrogens is 1. The van der Waals surface area contributed by atoms with Gasteiger partial charge in [0, 0.05) is 20.7 Å². The highest BCUT2D eigenvalue weighted by Crippen LogP contribution is 2.25. The standard InChI is InChI=1S/C11H10INO2/c1-7(15-6-14)8-2-3-11-9(4-8)10(12)5-13-11/h2-7,13H,1H3. The van der Waals surface area contributed by atoms with Crippen LogP contribution in [0.2, 0.25) is 0 Å². The average molecular weight is 315 g/mol. The Balaban J connectivity index is 2.45. The van der Waals surface area contributed by atoms with E-state index >= 15 is 0 Å². The number of halogens is 1. The summed E-state index contributed by atoms with van der Waals surface area (Å²) in [6.07, 6.45) is 1.76. The predicted octanol–water partition coefficient (Wildman–Crippen LogP) is 3.01. The largest absolute Gasteiger partial charge is 0.460 e. The van der Waals surface area contributed by atoms with E-state index in [4.69, 9.17) is 4.74 Å². The van der Waals surface area contributed by atoms with E-state index in [1.54, 1.807) is 0 Å². The van der Waals surface area contributed by atoms with E-state index in [9.17, 15) is 4.79 Å². The van der Waals surface area contributed by atoms with Crippen molar-refractivity contribution in [2.75, 3.05) is 0 Å². The minimum absolute atomic E-state index is 0.197. The molecule has 1 unspecified atom stereocenters. The number of benzene rings is 1. The maximum Gasteiger partial charge on any atom is 0.293 e. The molecule has 1 heterocycles. The van der Waals surface area contributed by atoms with Crippen molar-refractivity contribution in [1.82, 2.24) is 4.98 Å². The summed E-state index contributed by atoms with van der Waals surface area (Å²) in [6.45, 7) is 2.34. The summed E-state index contributed by atoms with van der Waals surface area (Å²) >= 11 is 2.27. The van der Waals surface area contributed by atoms with Gasteiger partial charge in [-0.1, -0.05) is 6.07 Å². The zero-order valence-corrected chi connectivity index (χ0v) is 10.3. The molecule has 2 rings (SSSR count). The van der Waals surface area contributed by atoms with Gasteiger partial charge in [0.05, 0.1) is 0 Å². The van der Waals surface area contributed by atoms with Crippen LogP contribution in [-0.4, -0.2) is 11.5 Å². The van der Waals surface area contributed by atoms with Gasteiger partial charge < -0.3 is 9.72 Å². The van der Waals surface area contributed by atoms with Crippen LogP contribution in [0.25, 0.3) is 10.9 Å². The molecular weight excluding hydrogens is 305 g/mol. The van der Waals surface area contributed by atoms with Crippen LogP contribution >= 0.6 is 22.6 Å². The number of rotatable bonds is 3. The van der Waals surface area contributed by atoms with E-state index < -0.39 is 0 Å². The topological polar surface area (TPSA) is 42.1 Å². The second-order valence-corrected chi connectivity index (χ2v) is 4.48. The fraction of sp³-hybridized carbons (Fsp3) is 0.182. The first-order valence-corrected chi connectivity index (χ1v) is 5.66. The van der Waals surface area contributed by atoms with Gasteiger partial charge >= 0.3 is 0 Å². The number of ether oxygens (including phenoxy) is 1. The Morgan fingerprint density at radius 3 is 3.07 bits per heavy atom. The van der Waals surface area contributed by atoms with Crippen LogP contribution in [0.3, 0.4) is 0 Å². The molecular formula is C11H10INO2. The van der Waals surface area contributed by atoms with Crippen molar-refractivity contribution in [2.24, 2.45) is 0 Å². The molecule has 78 valence electrons. The summed E-state index contributed by atoms with van der Waals surface area (Å²) in [5, 5.41) is 1.16. The number of H-pyrrole nitrogens is 1. The molecule has 0 amide bonds. The van der Waals surface area contributed by atoms with Gasteiger partial charge in [-0.15, -0.1) is 0 Å². The second-order valence-electron chi connectivity index (χ2n) is 3.32. The Bertz CT molecular complexity index is 492. The first-order chi connectivity index (χ1) is 7.22. The lowest BCUT2D eigenvalue weighted by Gasteiger charge is -2.09. The van der Waals surface area contributed by atoms with Crippen molar-refractivity contribution in [1.29, 1.82) is 0 Å². The molecule has 2 aromatic rings. The summed E-state index contributed by atoms with van der Waals surface area (Å²) < 4.78 is 6.07. The van der Waals surface area contributed by atoms with Crippen LogP contribution in [-0.2, 0) is 9.53 Å². The molecule has 1 aromatic heterocycles. The zero-order valence-electron chi connectivity index (χ0n) is 8.16. The van der Waals surface area contributed by atoms with Gasteiger partial charge in [-0.2, -0.15) is 0 Å². The highest BCUT2D eigenvalue weighted by molar-refractivity contribution is 14.1. The van der Waals surface area contributed by atoms with Crippen molar-refractivity contribution >= 4 is 40.0 Å². The lowest BCUT2D eigenvalue weighted by molar-refractivity contribution is -0.133. The van der Waals surface area contributed by atoms with Crippen molar-refractivity contribution in [3.63, 3.8) is 0 Å². The average Bonchev–Trinajstić information content (AvgIpc) is 2.60. The SMILES string of the molecule is CC(OC=O)c1ccc2[nH]cc(I)c2c1. The molecule has 0 bridgehead atoms. The van der Waals surface area contributed by atoms with Gasteiger partial charge in [0.2, 0.25) is 0 Å². The number of hydrogen-bond donors (Lipinski definition) is 1. The monoisotopic (exact) mass is 315 g/mol. The number of fused-ring (bicyclic) bond motifs is 1. The van der Waals surface area contributed by atoms with Gasteiger partial charge in [-0.3, -0.25) is 4.79 Å². The Morgan fingerprint density at radius 1 is 1.53 bits per heavy atom. The Kier molecular flexibility index (Phi) is 2.95. The van der Waals surface area contributed by atoms with Gasteiger partial charge in [0.15, 0.2) is 0 Å². The van der Waals surface area contributed by atoms with Crippen molar-refractivity contribution in [3.8, 4) is 0 Å². The molecule has 0 aliphatic heterocycles. The summed E-state index contributed by atoms with van der Waals surface area (Å²) in [5.74, 6) is 0. The smallest absolute Gasteiger partial charge is 0.293 e. The quantitative estimate of drug-likeness (QED) is 0.699. The van der Waals surface area contributed by atoms with Crippen LogP contribution in [0.5, 0.6) is 0 Å². The van der Waals surface area contributed by atoms with Crippen molar-refractivity contribution < 1.29 is 9.53 Å². The Labute approximate surface area is 101 Å². The molecule has 4 heteroatoms. The van der Waals surface area contributed by atoms with Crippen molar-refractivity contribution in [2.45, 2.75) is 13.0 Å². The fourth-order valence-electron chi connectivity index (χ4n) is 1.52. The molecule has 3 nitrogen and oxygen atoms in total. The number of aromatic amines is 1. The maximum absolute atomic E-state index is 10.2. The van der Waals surface area contributed by atoms with Gasteiger partial charge in [0.1, 0.15) is 6.10 Å². The van der Waals surface area contributed by atoms with E-state index in [1.807, 2.05) is 31.3 Å². The summed E-state index contributed by atoms with van der Waals surface area (Å²) in [7, 11) is 0. The number of carbonyl (C=O) groups excluding carboxylic acids is 1. The zero-order chi connectivity index (χ0) is 10.8. The highest BCUT2D eigenvalue weighted by atomic mass is 127. The second kappa shape index (κ2) is 4.22. The minimum Gasteiger partial charge on any atom is -0.460 e. The third-order valence-corrected chi connectivity index (χ3v) is 3.28. The molecule has 0 aliphatic carbocycles. The molecule has 0 saturated heterocycles.